The topological polar surface area (TPSA) is 71.5 Å². The zero-order valence-electron chi connectivity index (χ0n) is 14.0. The van der Waals surface area contributed by atoms with Crippen LogP contribution in [0, 0.1) is 5.92 Å². The maximum absolute atomic E-state index is 12.1. The van der Waals surface area contributed by atoms with Crippen molar-refractivity contribution in [1.29, 1.82) is 0 Å². The largest absolute Gasteiger partial charge is 0.444 e. The summed E-state index contributed by atoms with van der Waals surface area (Å²) in [6, 6.07) is 0. The maximum Gasteiger partial charge on any atom is 0.410 e. The van der Waals surface area contributed by atoms with Gasteiger partial charge >= 0.3 is 6.09 Å². The van der Waals surface area contributed by atoms with Crippen LogP contribution in [0.25, 0.3) is 0 Å². The third-order valence-electron chi connectivity index (χ3n) is 3.56. The fraction of sp³-hybridized carbons (Fsp3) is 0.688. The molecule has 0 spiro atoms. The van der Waals surface area contributed by atoms with Gasteiger partial charge in [-0.15, -0.1) is 11.3 Å². The Hall–Kier alpha value is -1.47. The van der Waals surface area contributed by atoms with E-state index in [1.807, 2.05) is 20.8 Å². The van der Waals surface area contributed by atoms with Gasteiger partial charge in [0.2, 0.25) is 5.78 Å². The van der Waals surface area contributed by atoms with Crippen molar-refractivity contribution in [2.75, 3.05) is 26.2 Å². The van der Waals surface area contributed by atoms with E-state index in [4.69, 9.17) is 4.74 Å². The fourth-order valence-corrected chi connectivity index (χ4v) is 3.13. The molecule has 1 aromatic heterocycles. The van der Waals surface area contributed by atoms with Gasteiger partial charge in [0, 0.05) is 31.2 Å². The molecule has 2 rings (SSSR count). The van der Waals surface area contributed by atoms with Gasteiger partial charge in [-0.25, -0.2) is 9.78 Å². The molecule has 1 aliphatic heterocycles. The molecule has 1 saturated heterocycles. The standard InChI is InChI=1S/C16H25N3O3S/c1-16(2,3)22-15(21)19-7-4-5-12(11-19)9-17-10-13(20)14-18-6-8-23-14/h6,8,12,17H,4-5,7,9-11H2,1-3H3/t12-/m1/s1. The second-order valence-corrected chi connectivity index (χ2v) is 7.72. The first kappa shape index (κ1) is 17.9. The van der Waals surface area contributed by atoms with Crippen molar-refractivity contribution in [3.63, 3.8) is 0 Å². The molecule has 128 valence electrons. The molecule has 0 unspecified atom stereocenters. The second-order valence-electron chi connectivity index (χ2n) is 6.83. The van der Waals surface area contributed by atoms with Crippen LogP contribution in [0.1, 0.15) is 43.4 Å². The molecule has 0 aromatic carbocycles. The van der Waals surface area contributed by atoms with E-state index < -0.39 is 5.60 Å². The lowest BCUT2D eigenvalue weighted by Gasteiger charge is -2.34. The Balaban J connectivity index is 1.73. The van der Waals surface area contributed by atoms with Crippen LogP contribution in [0.5, 0.6) is 0 Å². The van der Waals surface area contributed by atoms with Crippen molar-refractivity contribution in [3.05, 3.63) is 16.6 Å². The number of ketones is 1. The predicted octanol–water partition coefficient (Wildman–Crippen LogP) is 2.56. The van der Waals surface area contributed by atoms with E-state index in [2.05, 4.69) is 10.3 Å². The molecule has 2 heterocycles. The van der Waals surface area contributed by atoms with Crippen LogP contribution in [-0.4, -0.2) is 53.5 Å². The Bertz CT molecular complexity index is 525. The lowest BCUT2D eigenvalue weighted by molar-refractivity contribution is 0.0166. The first-order chi connectivity index (χ1) is 10.8. The molecular formula is C16H25N3O3S. The average molecular weight is 339 g/mol. The van der Waals surface area contributed by atoms with Crippen molar-refractivity contribution in [2.45, 2.75) is 39.2 Å². The Morgan fingerprint density at radius 1 is 1.48 bits per heavy atom. The SMILES string of the molecule is CC(C)(C)OC(=O)N1CCC[C@H](CNCC(=O)c2nccs2)C1. The number of hydrogen-bond acceptors (Lipinski definition) is 6. The number of ether oxygens (including phenoxy) is 1. The summed E-state index contributed by atoms with van der Waals surface area (Å²) in [7, 11) is 0. The number of hydrogen-bond donors (Lipinski definition) is 1. The first-order valence-corrected chi connectivity index (χ1v) is 8.84. The Kier molecular flexibility index (Phi) is 6.12. The Morgan fingerprint density at radius 2 is 2.26 bits per heavy atom. The number of nitrogens with one attached hydrogen (secondary N) is 1. The van der Waals surface area contributed by atoms with Gasteiger partial charge in [-0.2, -0.15) is 0 Å². The molecule has 6 nitrogen and oxygen atoms in total. The molecule has 0 aliphatic carbocycles. The van der Waals surface area contributed by atoms with Gasteiger partial charge in [0.25, 0.3) is 0 Å². The molecular weight excluding hydrogens is 314 g/mol. The highest BCUT2D eigenvalue weighted by atomic mass is 32.1. The maximum atomic E-state index is 12.1. The summed E-state index contributed by atoms with van der Waals surface area (Å²) in [6.45, 7) is 8.04. The van der Waals surface area contributed by atoms with Crippen LogP contribution >= 0.6 is 11.3 Å². The van der Waals surface area contributed by atoms with E-state index in [1.165, 1.54) is 11.3 Å². The summed E-state index contributed by atoms with van der Waals surface area (Å²) in [6.07, 6.45) is 3.41. The Labute approximate surface area is 141 Å². The summed E-state index contributed by atoms with van der Waals surface area (Å²) >= 11 is 1.36. The quantitative estimate of drug-likeness (QED) is 0.835. The third-order valence-corrected chi connectivity index (χ3v) is 4.37. The van der Waals surface area contributed by atoms with Crippen molar-refractivity contribution in [3.8, 4) is 0 Å². The predicted molar refractivity (Wildman–Crippen MR) is 89.8 cm³/mol. The normalized spacial score (nSPS) is 18.7. The minimum absolute atomic E-state index is 0.0137. The molecule has 0 bridgehead atoms. The summed E-state index contributed by atoms with van der Waals surface area (Å²) in [5.41, 5.74) is -0.470. The number of carbonyl (C=O) groups is 2. The highest BCUT2D eigenvalue weighted by molar-refractivity contribution is 7.11. The molecule has 1 amide bonds. The summed E-state index contributed by atoms with van der Waals surface area (Å²) in [4.78, 5) is 29.8. The highest BCUT2D eigenvalue weighted by Crippen LogP contribution is 2.18. The minimum atomic E-state index is -0.470. The zero-order chi connectivity index (χ0) is 16.9. The number of rotatable bonds is 5. The van der Waals surface area contributed by atoms with Gasteiger partial charge in [0.1, 0.15) is 5.60 Å². The van der Waals surface area contributed by atoms with Gasteiger partial charge in [0.05, 0.1) is 6.54 Å². The van der Waals surface area contributed by atoms with Crippen LogP contribution in [0.3, 0.4) is 0 Å². The number of likely N-dealkylation sites (tertiary alicyclic amines) is 1. The van der Waals surface area contributed by atoms with E-state index in [-0.39, 0.29) is 18.4 Å². The highest BCUT2D eigenvalue weighted by Gasteiger charge is 2.27. The smallest absolute Gasteiger partial charge is 0.410 e. The molecule has 1 atom stereocenters. The molecule has 0 radical (unpaired) electrons. The molecule has 1 aliphatic rings. The van der Waals surface area contributed by atoms with Gasteiger partial charge in [0.15, 0.2) is 5.01 Å². The van der Waals surface area contributed by atoms with Crippen LogP contribution in [0.4, 0.5) is 4.79 Å². The van der Waals surface area contributed by atoms with E-state index in [1.54, 1.807) is 16.5 Å². The second kappa shape index (κ2) is 7.88. The van der Waals surface area contributed by atoms with Crippen molar-refractivity contribution in [1.82, 2.24) is 15.2 Å². The van der Waals surface area contributed by atoms with E-state index >= 15 is 0 Å². The summed E-state index contributed by atoms with van der Waals surface area (Å²) < 4.78 is 5.42. The number of nitrogens with zero attached hydrogens (tertiary/aromatic N) is 2. The monoisotopic (exact) mass is 339 g/mol. The average Bonchev–Trinajstić information content (AvgIpc) is 3.00. The number of piperidine rings is 1. The number of thiazole rings is 1. The van der Waals surface area contributed by atoms with Crippen molar-refractivity contribution >= 4 is 23.2 Å². The molecule has 1 aromatic rings. The molecule has 0 saturated carbocycles. The van der Waals surface area contributed by atoms with Crippen molar-refractivity contribution < 1.29 is 14.3 Å². The molecule has 1 fully saturated rings. The van der Waals surface area contributed by atoms with Crippen LogP contribution in [0.15, 0.2) is 11.6 Å². The summed E-state index contributed by atoms with van der Waals surface area (Å²) in [5.74, 6) is 0.361. The van der Waals surface area contributed by atoms with E-state index in [0.29, 0.717) is 17.5 Å². The molecule has 7 heteroatoms. The Morgan fingerprint density at radius 3 is 2.91 bits per heavy atom. The summed E-state index contributed by atoms with van der Waals surface area (Å²) in [5, 5.41) is 5.53. The van der Waals surface area contributed by atoms with Crippen molar-refractivity contribution in [2.24, 2.45) is 5.92 Å². The number of Topliss-reactive ketones (excluding diaryl/α,β-unsaturated/α-hetero) is 1. The third kappa shape index (κ3) is 5.91. The van der Waals surface area contributed by atoms with E-state index in [0.717, 1.165) is 25.9 Å². The fourth-order valence-electron chi connectivity index (χ4n) is 2.55. The van der Waals surface area contributed by atoms with Crippen LogP contribution < -0.4 is 5.32 Å². The van der Waals surface area contributed by atoms with E-state index in [9.17, 15) is 9.59 Å². The lowest BCUT2D eigenvalue weighted by atomic mass is 9.98. The number of carbonyl (C=O) groups excluding carboxylic acids is 2. The number of amides is 1. The molecule has 1 N–H and O–H groups in total. The van der Waals surface area contributed by atoms with Gasteiger partial charge in [-0.05, 0) is 39.5 Å². The first-order valence-electron chi connectivity index (χ1n) is 7.96. The lowest BCUT2D eigenvalue weighted by Crippen LogP contribution is -2.45. The van der Waals surface area contributed by atoms with Gasteiger partial charge < -0.3 is 15.0 Å². The van der Waals surface area contributed by atoms with Crippen LogP contribution in [0.2, 0.25) is 0 Å². The zero-order valence-corrected chi connectivity index (χ0v) is 14.8. The van der Waals surface area contributed by atoms with Gasteiger partial charge in [-0.3, -0.25) is 4.79 Å². The van der Waals surface area contributed by atoms with Crippen LogP contribution in [-0.2, 0) is 4.74 Å². The minimum Gasteiger partial charge on any atom is -0.444 e. The van der Waals surface area contributed by atoms with Gasteiger partial charge in [-0.1, -0.05) is 0 Å². The number of aromatic nitrogens is 1. The molecule has 23 heavy (non-hydrogen) atoms.